The molecule has 1 atom stereocenters. The van der Waals surface area contributed by atoms with Crippen LogP contribution < -0.4 is 10.2 Å². The molecule has 1 heterocycles. The fourth-order valence-electron chi connectivity index (χ4n) is 2.26. The lowest BCUT2D eigenvalue weighted by molar-refractivity contribution is -0.674. The van der Waals surface area contributed by atoms with Crippen LogP contribution in [0, 0.1) is 0 Å². The van der Waals surface area contributed by atoms with E-state index in [9.17, 15) is 9.59 Å². The van der Waals surface area contributed by atoms with E-state index in [2.05, 4.69) is 6.92 Å². The summed E-state index contributed by atoms with van der Waals surface area (Å²) in [4.78, 5) is 25.5. The summed E-state index contributed by atoms with van der Waals surface area (Å²) >= 11 is 11.8. The Morgan fingerprint density at radius 2 is 2.05 bits per heavy atom. The van der Waals surface area contributed by atoms with Crippen molar-refractivity contribution in [2.75, 3.05) is 11.4 Å². The van der Waals surface area contributed by atoms with Gasteiger partial charge in [0.25, 0.3) is 5.91 Å². The second-order valence-corrected chi connectivity index (χ2v) is 5.67. The number of amides is 2. The first kappa shape index (κ1) is 15.3. The van der Waals surface area contributed by atoms with Gasteiger partial charge in [0.1, 0.15) is 0 Å². The van der Waals surface area contributed by atoms with Gasteiger partial charge in [-0.3, -0.25) is 9.59 Å². The number of nitrogens with two attached hydrogens (primary N) is 1. The fraction of sp³-hybridized carbons (Fsp3) is 0.429. The second kappa shape index (κ2) is 6.57. The van der Waals surface area contributed by atoms with Crippen LogP contribution >= 0.6 is 23.2 Å². The molecule has 108 valence electrons. The molecule has 1 aliphatic heterocycles. The molecule has 1 fully saturated rings. The Kier molecular flexibility index (Phi) is 5.02. The smallest absolute Gasteiger partial charge is 0.292 e. The minimum absolute atomic E-state index is 0.176. The first-order valence-corrected chi connectivity index (χ1v) is 7.45. The summed E-state index contributed by atoms with van der Waals surface area (Å²) in [6.07, 6.45) is 2.34. The lowest BCUT2D eigenvalue weighted by Gasteiger charge is -2.14. The standard InChI is InChI=1S/C14H16Cl2N2O2/c1-2-3-6-17-12-8-13(19)18(14(12)20)9-4-5-10(15)11(16)7-9/h4-5,7,12,17H,2-3,6,8H2,1H3/p+1/t12-/m1/s1. The van der Waals surface area contributed by atoms with Gasteiger partial charge in [0.15, 0.2) is 6.04 Å². The first-order chi connectivity index (χ1) is 9.54. The van der Waals surface area contributed by atoms with Gasteiger partial charge < -0.3 is 5.32 Å². The van der Waals surface area contributed by atoms with Crippen LogP contribution in [-0.2, 0) is 9.59 Å². The quantitative estimate of drug-likeness (QED) is 0.667. The van der Waals surface area contributed by atoms with E-state index in [4.69, 9.17) is 23.2 Å². The lowest BCUT2D eigenvalue weighted by atomic mass is 10.2. The third-order valence-corrected chi connectivity index (χ3v) is 4.09. The molecule has 2 N–H and O–H groups in total. The third kappa shape index (κ3) is 3.14. The topological polar surface area (TPSA) is 54.0 Å². The van der Waals surface area contributed by atoms with Crippen LogP contribution in [0.5, 0.6) is 0 Å². The first-order valence-electron chi connectivity index (χ1n) is 6.69. The van der Waals surface area contributed by atoms with Crippen molar-refractivity contribution in [3.8, 4) is 0 Å². The van der Waals surface area contributed by atoms with Crippen molar-refractivity contribution in [2.24, 2.45) is 0 Å². The summed E-state index contributed by atoms with van der Waals surface area (Å²) in [6, 6.07) is 4.46. The average Bonchev–Trinajstić information content (AvgIpc) is 2.69. The molecular formula is C14H17Cl2N2O2+. The molecule has 0 saturated carbocycles. The van der Waals surface area contributed by atoms with E-state index in [1.807, 2.05) is 5.32 Å². The zero-order chi connectivity index (χ0) is 14.7. The van der Waals surface area contributed by atoms with Gasteiger partial charge in [0.05, 0.1) is 28.7 Å². The summed E-state index contributed by atoms with van der Waals surface area (Å²) in [7, 11) is 0. The SMILES string of the molecule is CCCC[NH2+][C@@H]1CC(=O)N(c2ccc(Cl)c(Cl)c2)C1=O. The van der Waals surface area contributed by atoms with E-state index in [1.54, 1.807) is 18.2 Å². The average molecular weight is 316 g/mol. The Labute approximate surface area is 128 Å². The number of halogens is 2. The van der Waals surface area contributed by atoms with Crippen LogP contribution in [-0.4, -0.2) is 24.4 Å². The van der Waals surface area contributed by atoms with E-state index in [0.717, 1.165) is 19.4 Å². The number of hydrogen-bond donors (Lipinski definition) is 1. The van der Waals surface area contributed by atoms with Gasteiger partial charge >= 0.3 is 0 Å². The van der Waals surface area contributed by atoms with E-state index in [0.29, 0.717) is 15.7 Å². The second-order valence-electron chi connectivity index (χ2n) is 4.85. The summed E-state index contributed by atoms with van der Waals surface area (Å²) in [5, 5.41) is 2.69. The number of unbranched alkanes of at least 4 members (excludes halogenated alkanes) is 1. The highest BCUT2D eigenvalue weighted by Crippen LogP contribution is 2.29. The highest BCUT2D eigenvalue weighted by Gasteiger charge is 2.42. The Hall–Kier alpha value is -1.10. The number of carbonyl (C=O) groups is 2. The number of carbonyl (C=O) groups excluding carboxylic acids is 2. The molecule has 0 aliphatic carbocycles. The summed E-state index contributed by atoms with van der Waals surface area (Å²) in [5.41, 5.74) is 0.487. The maximum absolute atomic E-state index is 12.3. The molecule has 4 nitrogen and oxygen atoms in total. The molecule has 1 aliphatic rings. The zero-order valence-corrected chi connectivity index (χ0v) is 12.7. The Balaban J connectivity index is 2.14. The van der Waals surface area contributed by atoms with E-state index in [1.165, 1.54) is 4.90 Å². The number of imide groups is 1. The Bertz CT molecular complexity index is 534. The summed E-state index contributed by atoms with van der Waals surface area (Å²) < 4.78 is 0. The normalized spacial score (nSPS) is 18.9. The van der Waals surface area contributed by atoms with Crippen molar-refractivity contribution >= 4 is 40.7 Å². The zero-order valence-electron chi connectivity index (χ0n) is 11.2. The summed E-state index contributed by atoms with van der Waals surface area (Å²) in [6.45, 7) is 2.95. The number of benzene rings is 1. The van der Waals surface area contributed by atoms with Crippen molar-refractivity contribution in [3.63, 3.8) is 0 Å². The summed E-state index contributed by atoms with van der Waals surface area (Å²) in [5.74, 6) is -0.365. The van der Waals surface area contributed by atoms with Crippen molar-refractivity contribution in [3.05, 3.63) is 28.2 Å². The molecule has 0 bridgehead atoms. The van der Waals surface area contributed by atoms with Gasteiger partial charge in [-0.25, -0.2) is 4.90 Å². The minimum Gasteiger partial charge on any atom is -0.336 e. The molecule has 1 aromatic rings. The van der Waals surface area contributed by atoms with Gasteiger partial charge in [-0.15, -0.1) is 0 Å². The maximum Gasteiger partial charge on any atom is 0.292 e. The number of hydrogen-bond acceptors (Lipinski definition) is 2. The molecule has 6 heteroatoms. The van der Waals surface area contributed by atoms with Gasteiger partial charge in [-0.05, 0) is 24.6 Å². The molecule has 2 rings (SSSR count). The van der Waals surface area contributed by atoms with E-state index < -0.39 is 0 Å². The van der Waals surface area contributed by atoms with Gasteiger partial charge in [0.2, 0.25) is 5.91 Å². The molecule has 0 radical (unpaired) electrons. The van der Waals surface area contributed by atoms with Gasteiger partial charge in [0, 0.05) is 0 Å². The monoisotopic (exact) mass is 315 g/mol. The van der Waals surface area contributed by atoms with Gasteiger partial charge in [-0.2, -0.15) is 0 Å². The molecule has 1 saturated heterocycles. The molecule has 1 aromatic carbocycles. The number of quaternary nitrogens is 1. The lowest BCUT2D eigenvalue weighted by Crippen LogP contribution is -2.91. The highest BCUT2D eigenvalue weighted by molar-refractivity contribution is 6.42. The number of nitrogens with zero attached hydrogens (tertiary/aromatic N) is 1. The predicted molar refractivity (Wildman–Crippen MR) is 79.1 cm³/mol. The van der Waals surface area contributed by atoms with Crippen molar-refractivity contribution < 1.29 is 14.9 Å². The molecule has 0 aromatic heterocycles. The van der Waals surface area contributed by atoms with Gasteiger partial charge in [-0.1, -0.05) is 36.5 Å². The van der Waals surface area contributed by atoms with E-state index >= 15 is 0 Å². The third-order valence-electron chi connectivity index (χ3n) is 3.35. The minimum atomic E-state index is -0.316. The largest absolute Gasteiger partial charge is 0.336 e. The van der Waals surface area contributed by atoms with E-state index in [-0.39, 0.29) is 24.3 Å². The van der Waals surface area contributed by atoms with Crippen molar-refractivity contribution in [1.82, 2.24) is 0 Å². The molecular weight excluding hydrogens is 299 g/mol. The van der Waals surface area contributed by atoms with Crippen LogP contribution in [0.1, 0.15) is 26.2 Å². The molecule has 0 spiro atoms. The number of rotatable bonds is 5. The highest BCUT2D eigenvalue weighted by atomic mass is 35.5. The predicted octanol–water partition coefficient (Wildman–Crippen LogP) is 1.99. The van der Waals surface area contributed by atoms with Crippen LogP contribution in [0.4, 0.5) is 5.69 Å². The van der Waals surface area contributed by atoms with Crippen LogP contribution in [0.3, 0.4) is 0 Å². The Morgan fingerprint density at radius 1 is 1.30 bits per heavy atom. The molecule has 2 amide bonds. The van der Waals surface area contributed by atoms with Crippen molar-refractivity contribution in [1.29, 1.82) is 0 Å². The molecule has 20 heavy (non-hydrogen) atoms. The van der Waals surface area contributed by atoms with Crippen LogP contribution in [0.15, 0.2) is 18.2 Å². The maximum atomic E-state index is 12.3. The van der Waals surface area contributed by atoms with Crippen LogP contribution in [0.2, 0.25) is 10.0 Å². The Morgan fingerprint density at radius 3 is 2.70 bits per heavy atom. The molecule has 0 unspecified atom stereocenters. The fourth-order valence-corrected chi connectivity index (χ4v) is 2.55. The van der Waals surface area contributed by atoms with Crippen molar-refractivity contribution in [2.45, 2.75) is 32.2 Å². The van der Waals surface area contributed by atoms with Crippen LogP contribution in [0.25, 0.3) is 0 Å². The number of anilines is 1.